The van der Waals surface area contributed by atoms with Crippen LogP contribution in [0.3, 0.4) is 0 Å². The molecule has 1 fully saturated rings. The average molecular weight is 199 g/mol. The van der Waals surface area contributed by atoms with Crippen LogP contribution in [0.2, 0.25) is 0 Å². The van der Waals surface area contributed by atoms with Crippen molar-refractivity contribution in [3.63, 3.8) is 0 Å². The Morgan fingerprint density at radius 2 is 2.21 bits per heavy atom. The van der Waals surface area contributed by atoms with Crippen molar-refractivity contribution in [1.82, 2.24) is 4.90 Å². The number of imide groups is 1. The average Bonchev–Trinajstić information content (AvgIpc) is 2.59. The van der Waals surface area contributed by atoms with E-state index in [0.29, 0.717) is 19.6 Å². The predicted octanol–water partition coefficient (Wildman–Crippen LogP) is 1.94. The Hall–Kier alpha value is -1.06. The molecule has 0 bridgehead atoms. The van der Waals surface area contributed by atoms with Gasteiger partial charge in [0.15, 0.2) is 0 Å². The lowest BCUT2D eigenvalue weighted by Crippen LogP contribution is -2.31. The second kappa shape index (κ2) is 5.62. The van der Waals surface area contributed by atoms with Gasteiger partial charge in [0.1, 0.15) is 6.61 Å². The van der Waals surface area contributed by atoms with E-state index in [-0.39, 0.29) is 5.91 Å². The minimum atomic E-state index is -0.481. The lowest BCUT2D eigenvalue weighted by atomic mass is 10.1. The van der Waals surface area contributed by atoms with Gasteiger partial charge in [-0.1, -0.05) is 26.2 Å². The van der Waals surface area contributed by atoms with Crippen LogP contribution in [0, 0.1) is 0 Å². The van der Waals surface area contributed by atoms with Crippen molar-refractivity contribution >= 4 is 12.0 Å². The molecule has 0 atom stereocenters. The van der Waals surface area contributed by atoms with Crippen molar-refractivity contribution in [3.05, 3.63) is 0 Å². The Balaban J connectivity index is 2.18. The number of nitrogens with zero attached hydrogens (tertiary/aromatic N) is 1. The van der Waals surface area contributed by atoms with Crippen molar-refractivity contribution < 1.29 is 14.3 Å². The number of hydrogen-bond donors (Lipinski definition) is 0. The van der Waals surface area contributed by atoms with E-state index >= 15 is 0 Å². The lowest BCUT2D eigenvalue weighted by molar-refractivity contribution is -0.127. The molecule has 0 aliphatic carbocycles. The summed E-state index contributed by atoms with van der Waals surface area (Å²) in [5.74, 6) is -0.0939. The summed E-state index contributed by atoms with van der Waals surface area (Å²) in [5, 5.41) is 0. The fraction of sp³-hybridized carbons (Fsp3) is 0.800. The molecule has 1 saturated heterocycles. The Kier molecular flexibility index (Phi) is 4.43. The summed E-state index contributed by atoms with van der Waals surface area (Å²) in [6.07, 6.45) is 4.22. The van der Waals surface area contributed by atoms with E-state index in [2.05, 4.69) is 11.7 Å². The van der Waals surface area contributed by atoms with Crippen LogP contribution in [0.25, 0.3) is 0 Å². The molecular weight excluding hydrogens is 182 g/mol. The van der Waals surface area contributed by atoms with Gasteiger partial charge in [-0.15, -0.1) is 0 Å². The van der Waals surface area contributed by atoms with Crippen LogP contribution in [0.1, 0.15) is 39.0 Å². The van der Waals surface area contributed by atoms with Crippen molar-refractivity contribution in [1.29, 1.82) is 0 Å². The molecule has 4 heteroatoms. The van der Waals surface area contributed by atoms with Crippen LogP contribution in [-0.2, 0) is 9.53 Å². The number of amides is 2. The Morgan fingerprint density at radius 1 is 1.43 bits per heavy atom. The highest BCUT2D eigenvalue weighted by Crippen LogP contribution is 2.09. The van der Waals surface area contributed by atoms with Gasteiger partial charge in [0, 0.05) is 6.42 Å². The molecule has 1 aliphatic heterocycles. The van der Waals surface area contributed by atoms with Crippen LogP contribution in [0.4, 0.5) is 4.79 Å². The molecular formula is C10H17NO3. The molecule has 0 aromatic carbocycles. The highest BCUT2D eigenvalue weighted by atomic mass is 16.6. The molecule has 0 radical (unpaired) electrons. The minimum absolute atomic E-state index is 0.0939. The first-order valence-corrected chi connectivity index (χ1v) is 5.23. The van der Waals surface area contributed by atoms with Gasteiger partial charge in [-0.2, -0.15) is 0 Å². The first-order valence-electron chi connectivity index (χ1n) is 5.23. The second-order valence-corrected chi connectivity index (χ2v) is 3.47. The summed E-state index contributed by atoms with van der Waals surface area (Å²) in [6.45, 7) is 2.89. The zero-order valence-corrected chi connectivity index (χ0v) is 8.62. The second-order valence-electron chi connectivity index (χ2n) is 3.47. The number of ether oxygens (including phenoxy) is 1. The number of unbranched alkanes of at least 4 members (excludes halogenated alkanes) is 3. The van der Waals surface area contributed by atoms with E-state index in [4.69, 9.17) is 0 Å². The maximum absolute atomic E-state index is 11.4. The van der Waals surface area contributed by atoms with Gasteiger partial charge in [0.2, 0.25) is 5.91 Å². The van der Waals surface area contributed by atoms with E-state index in [1.807, 2.05) is 0 Å². The lowest BCUT2D eigenvalue weighted by Gasteiger charge is -2.09. The normalized spacial score (nSPS) is 15.8. The van der Waals surface area contributed by atoms with Gasteiger partial charge in [-0.05, 0) is 6.42 Å². The summed E-state index contributed by atoms with van der Waals surface area (Å²) in [5.41, 5.74) is 0. The van der Waals surface area contributed by atoms with E-state index in [1.165, 1.54) is 4.90 Å². The molecule has 80 valence electrons. The van der Waals surface area contributed by atoms with Crippen molar-refractivity contribution in [2.75, 3.05) is 13.2 Å². The van der Waals surface area contributed by atoms with Crippen LogP contribution in [0.5, 0.6) is 0 Å². The number of carbonyl (C=O) groups excluding carboxylic acids is 2. The molecule has 0 unspecified atom stereocenters. The highest BCUT2D eigenvalue weighted by Gasteiger charge is 2.27. The molecule has 1 heterocycles. The third kappa shape index (κ3) is 3.01. The van der Waals surface area contributed by atoms with Gasteiger partial charge >= 0.3 is 6.09 Å². The molecule has 0 spiro atoms. The fourth-order valence-corrected chi connectivity index (χ4v) is 1.46. The largest absolute Gasteiger partial charge is 0.447 e. The molecule has 0 aromatic heterocycles. The van der Waals surface area contributed by atoms with Crippen LogP contribution >= 0.6 is 0 Å². The van der Waals surface area contributed by atoms with Crippen molar-refractivity contribution in [2.45, 2.75) is 39.0 Å². The minimum Gasteiger partial charge on any atom is -0.447 e. The van der Waals surface area contributed by atoms with Gasteiger partial charge in [-0.3, -0.25) is 4.79 Å². The zero-order valence-electron chi connectivity index (χ0n) is 8.62. The van der Waals surface area contributed by atoms with Crippen molar-refractivity contribution in [3.8, 4) is 0 Å². The van der Waals surface area contributed by atoms with E-state index in [1.54, 1.807) is 0 Å². The Labute approximate surface area is 84.2 Å². The summed E-state index contributed by atoms with van der Waals surface area (Å²) in [6, 6.07) is 0. The van der Waals surface area contributed by atoms with Gasteiger partial charge in [-0.25, -0.2) is 9.69 Å². The molecule has 0 aromatic rings. The highest BCUT2D eigenvalue weighted by molar-refractivity contribution is 5.92. The first-order chi connectivity index (χ1) is 6.75. The number of rotatable bonds is 5. The summed E-state index contributed by atoms with van der Waals surface area (Å²) in [4.78, 5) is 23.6. The fourth-order valence-electron chi connectivity index (χ4n) is 1.46. The van der Waals surface area contributed by atoms with Crippen LogP contribution in [0.15, 0.2) is 0 Å². The quantitative estimate of drug-likeness (QED) is 0.636. The van der Waals surface area contributed by atoms with E-state index < -0.39 is 6.09 Å². The molecule has 0 N–H and O–H groups in total. The topological polar surface area (TPSA) is 46.6 Å². The van der Waals surface area contributed by atoms with Gasteiger partial charge in [0.25, 0.3) is 0 Å². The molecule has 4 nitrogen and oxygen atoms in total. The molecule has 2 amide bonds. The third-order valence-corrected chi connectivity index (χ3v) is 2.31. The molecule has 0 saturated carbocycles. The zero-order chi connectivity index (χ0) is 10.4. The van der Waals surface area contributed by atoms with Gasteiger partial charge < -0.3 is 4.74 Å². The van der Waals surface area contributed by atoms with Crippen LogP contribution < -0.4 is 0 Å². The summed E-state index contributed by atoms with van der Waals surface area (Å²) in [7, 11) is 0. The third-order valence-electron chi connectivity index (χ3n) is 2.31. The monoisotopic (exact) mass is 199 g/mol. The predicted molar refractivity (Wildman–Crippen MR) is 51.8 cm³/mol. The molecule has 1 aliphatic rings. The molecule has 14 heavy (non-hydrogen) atoms. The SMILES string of the molecule is CCCCCCC(=O)N1CCOC1=O. The molecule has 1 rings (SSSR count). The number of hydrogen-bond acceptors (Lipinski definition) is 3. The van der Waals surface area contributed by atoms with E-state index in [9.17, 15) is 9.59 Å². The maximum atomic E-state index is 11.4. The standard InChI is InChI=1S/C10H17NO3/c1-2-3-4-5-6-9(12)11-7-8-14-10(11)13/h2-8H2,1H3. The summed E-state index contributed by atoms with van der Waals surface area (Å²) >= 11 is 0. The Bertz CT molecular complexity index is 215. The first kappa shape index (κ1) is 11.0. The Morgan fingerprint density at radius 3 is 2.79 bits per heavy atom. The van der Waals surface area contributed by atoms with Crippen LogP contribution in [-0.4, -0.2) is 30.1 Å². The maximum Gasteiger partial charge on any atom is 0.416 e. The van der Waals surface area contributed by atoms with Crippen molar-refractivity contribution in [2.24, 2.45) is 0 Å². The number of carbonyl (C=O) groups is 2. The number of cyclic esters (lactones) is 1. The van der Waals surface area contributed by atoms with Gasteiger partial charge in [0.05, 0.1) is 6.54 Å². The van der Waals surface area contributed by atoms with E-state index in [0.717, 1.165) is 25.7 Å². The smallest absolute Gasteiger partial charge is 0.416 e. The summed E-state index contributed by atoms with van der Waals surface area (Å²) < 4.78 is 4.68.